The van der Waals surface area contributed by atoms with E-state index in [1.165, 1.54) is 0 Å². The van der Waals surface area contributed by atoms with Crippen LogP contribution in [0.1, 0.15) is 0 Å². The molecule has 0 rings (SSSR count). The fourth-order valence-electron chi connectivity index (χ4n) is 0. The molecule has 0 saturated carbocycles. The summed E-state index contributed by atoms with van der Waals surface area (Å²) in [6.45, 7) is 0. The van der Waals surface area contributed by atoms with Gasteiger partial charge in [0.05, 0.1) is 0 Å². The molecule has 40 valence electrons. The lowest BCUT2D eigenvalue weighted by Gasteiger charge is -1.62. The van der Waals surface area contributed by atoms with Gasteiger partial charge in [0.1, 0.15) is 0 Å². The van der Waals surface area contributed by atoms with Crippen molar-refractivity contribution in [3.05, 3.63) is 0 Å². The lowest BCUT2D eigenvalue weighted by molar-refractivity contribution is 0.256. The van der Waals surface area contributed by atoms with E-state index >= 15 is 0 Å². The van der Waals surface area contributed by atoms with Crippen molar-refractivity contribution in [3.8, 4) is 0 Å². The molecule has 0 fully saturated rings. The Morgan fingerprint density at radius 1 is 1.33 bits per heavy atom. The summed E-state index contributed by atoms with van der Waals surface area (Å²) >= 11 is 0. The molecule has 0 aromatic carbocycles. The summed E-state index contributed by atoms with van der Waals surface area (Å²) < 4.78 is 0. The number of halogens is 1. The van der Waals surface area contributed by atoms with Crippen LogP contribution in [0.2, 0.25) is 0 Å². The third kappa shape index (κ3) is 183. The Bertz CT molecular complexity index is 36.5. The van der Waals surface area contributed by atoms with Gasteiger partial charge in [-0.25, -0.2) is 4.79 Å². The highest BCUT2D eigenvalue weighted by molar-refractivity contribution is 6.92. The summed E-state index contributed by atoms with van der Waals surface area (Å²) in [7, 11) is 0. The quantitative estimate of drug-likeness (QED) is 0.399. The Morgan fingerprint density at radius 3 is 1.33 bits per heavy atom. The molecular formula is CH8FN2OP. The predicted octanol–water partition coefficient (Wildman–Crippen LogP) is -0.766. The number of hydrogen-bond acceptors (Lipinski definition) is 1. The van der Waals surface area contributed by atoms with E-state index < -0.39 is 6.03 Å². The molecule has 0 spiro atoms. The largest absolute Gasteiger partial charge is 0.352 e. The first-order valence-electron chi connectivity index (χ1n) is 0.781. The second-order valence-electron chi connectivity index (χ2n) is 0.402. The first-order valence-corrected chi connectivity index (χ1v) is 0.781. The van der Waals surface area contributed by atoms with Crippen LogP contribution in [0.15, 0.2) is 0 Å². The Hall–Kier alpha value is -0.370. The molecule has 0 aliphatic carbocycles. The number of amides is 2. The molecule has 1 atom stereocenters. The van der Waals surface area contributed by atoms with Crippen LogP contribution in [-0.4, -0.2) is 6.03 Å². The van der Waals surface area contributed by atoms with E-state index in [-0.39, 0.29) is 14.6 Å². The first kappa shape index (κ1) is 17.4. The summed E-state index contributed by atoms with van der Waals surface area (Å²) in [5, 5.41) is 0. The molecule has 3 nitrogen and oxygen atoms in total. The summed E-state index contributed by atoms with van der Waals surface area (Å²) in [5.74, 6) is 0. The molecule has 5 heteroatoms. The third-order valence-electron chi connectivity index (χ3n) is 0. The van der Waals surface area contributed by atoms with Crippen molar-refractivity contribution < 1.29 is 9.50 Å². The Balaban J connectivity index is -0.0000000450. The maximum Gasteiger partial charge on any atom is 0.309 e. The standard InChI is InChI=1S/CH4N2O.FH.H3P/c2-1(3)4;;/h(H4,2,3,4);1H;1H3. The Labute approximate surface area is 38.1 Å². The van der Waals surface area contributed by atoms with Gasteiger partial charge in [-0.2, -0.15) is 9.90 Å². The van der Waals surface area contributed by atoms with E-state index in [9.17, 15) is 0 Å². The molecule has 4 N–H and O–H groups in total. The van der Waals surface area contributed by atoms with Crippen LogP contribution in [0.3, 0.4) is 0 Å². The van der Waals surface area contributed by atoms with Crippen LogP contribution in [0.4, 0.5) is 9.50 Å². The van der Waals surface area contributed by atoms with Gasteiger partial charge in [-0.3, -0.25) is 4.70 Å². The van der Waals surface area contributed by atoms with Crippen LogP contribution >= 0.6 is 9.90 Å². The average molecular weight is 114 g/mol. The number of urea groups is 1. The number of nitrogens with two attached hydrogens (primary N) is 2. The molecule has 0 aliphatic rings. The summed E-state index contributed by atoms with van der Waals surface area (Å²) in [4.78, 5) is 9.00. The van der Waals surface area contributed by atoms with Gasteiger partial charge in [0, 0.05) is 0 Å². The molecule has 0 aliphatic heterocycles. The zero-order chi connectivity index (χ0) is 3.58. The molecule has 0 aromatic heterocycles. The smallest absolute Gasteiger partial charge is 0.309 e. The van der Waals surface area contributed by atoms with Crippen molar-refractivity contribution >= 4 is 15.9 Å². The summed E-state index contributed by atoms with van der Waals surface area (Å²) in [6.07, 6.45) is 0. The van der Waals surface area contributed by atoms with Gasteiger partial charge in [0.15, 0.2) is 0 Å². The number of hydrogen-bond donors (Lipinski definition) is 2. The lowest BCUT2D eigenvalue weighted by Crippen LogP contribution is -2.18. The molecule has 0 aromatic rings. The van der Waals surface area contributed by atoms with Crippen LogP contribution < -0.4 is 11.5 Å². The molecular weight excluding hydrogens is 106 g/mol. The monoisotopic (exact) mass is 114 g/mol. The SMILES string of the molecule is F.NC(N)=O.P. The molecule has 0 heterocycles. The average Bonchev–Trinajstić information content (AvgIpc) is 0.811. The van der Waals surface area contributed by atoms with Gasteiger partial charge in [0.2, 0.25) is 0 Å². The number of carbonyl (C=O) groups is 1. The van der Waals surface area contributed by atoms with Crippen LogP contribution in [0.5, 0.6) is 0 Å². The van der Waals surface area contributed by atoms with Crippen molar-refractivity contribution in [1.29, 1.82) is 0 Å². The molecule has 0 bridgehead atoms. The van der Waals surface area contributed by atoms with E-state index in [1.54, 1.807) is 0 Å². The summed E-state index contributed by atoms with van der Waals surface area (Å²) in [6, 6.07) is -0.833. The van der Waals surface area contributed by atoms with E-state index in [1.807, 2.05) is 0 Å². The van der Waals surface area contributed by atoms with Crippen LogP contribution in [0.25, 0.3) is 0 Å². The minimum atomic E-state index is -0.833. The van der Waals surface area contributed by atoms with Gasteiger partial charge < -0.3 is 11.5 Å². The van der Waals surface area contributed by atoms with Crippen LogP contribution in [0, 0.1) is 0 Å². The highest BCUT2D eigenvalue weighted by atomic mass is 31.0. The zero-order valence-corrected chi connectivity index (χ0v) is 4.59. The van der Waals surface area contributed by atoms with Gasteiger partial charge in [-0.1, -0.05) is 0 Å². The van der Waals surface area contributed by atoms with Gasteiger partial charge in [-0.15, -0.1) is 0 Å². The van der Waals surface area contributed by atoms with Gasteiger partial charge in [0.25, 0.3) is 0 Å². The normalized spacial score (nSPS) is 4.00. The highest BCUT2D eigenvalue weighted by Crippen LogP contribution is 1.25. The Morgan fingerprint density at radius 2 is 1.33 bits per heavy atom. The third-order valence-corrected chi connectivity index (χ3v) is 0. The maximum atomic E-state index is 9.00. The molecule has 0 radical (unpaired) electrons. The van der Waals surface area contributed by atoms with Gasteiger partial charge in [-0.05, 0) is 0 Å². The van der Waals surface area contributed by atoms with Crippen molar-refractivity contribution in [3.63, 3.8) is 0 Å². The molecule has 6 heavy (non-hydrogen) atoms. The fourth-order valence-corrected chi connectivity index (χ4v) is 0. The van der Waals surface area contributed by atoms with Crippen molar-refractivity contribution in [2.24, 2.45) is 11.5 Å². The number of carbonyl (C=O) groups excluding carboxylic acids is 1. The maximum absolute atomic E-state index is 9.00. The van der Waals surface area contributed by atoms with E-state index in [4.69, 9.17) is 4.79 Å². The first-order chi connectivity index (χ1) is 1.73. The molecule has 0 saturated heterocycles. The highest BCUT2D eigenvalue weighted by Gasteiger charge is 1.60. The summed E-state index contributed by atoms with van der Waals surface area (Å²) in [5.41, 5.74) is 8.50. The topological polar surface area (TPSA) is 69.1 Å². The minimum absolute atomic E-state index is 0. The van der Waals surface area contributed by atoms with E-state index in [2.05, 4.69) is 11.5 Å². The number of primary amides is 2. The van der Waals surface area contributed by atoms with Crippen molar-refractivity contribution in [2.45, 2.75) is 0 Å². The molecule has 1 unspecified atom stereocenters. The van der Waals surface area contributed by atoms with Gasteiger partial charge >= 0.3 is 6.03 Å². The second-order valence-corrected chi connectivity index (χ2v) is 0.402. The zero-order valence-electron chi connectivity index (χ0n) is 3.18. The Kier molecular flexibility index (Phi) is 25.7. The van der Waals surface area contributed by atoms with Crippen molar-refractivity contribution in [2.75, 3.05) is 0 Å². The predicted molar refractivity (Wildman–Crippen MR) is 27.4 cm³/mol. The van der Waals surface area contributed by atoms with E-state index in [0.717, 1.165) is 0 Å². The van der Waals surface area contributed by atoms with Crippen LogP contribution in [-0.2, 0) is 0 Å². The fraction of sp³-hybridized carbons (Fsp3) is 0. The second kappa shape index (κ2) is 8.82. The number of rotatable bonds is 0. The minimum Gasteiger partial charge on any atom is -0.352 e. The molecule has 2 amide bonds. The lowest BCUT2D eigenvalue weighted by atomic mass is 11.2. The van der Waals surface area contributed by atoms with E-state index in [0.29, 0.717) is 0 Å². The van der Waals surface area contributed by atoms with Crippen molar-refractivity contribution in [1.82, 2.24) is 0 Å².